The summed E-state index contributed by atoms with van der Waals surface area (Å²) in [5.74, 6) is 1.95. The lowest BCUT2D eigenvalue weighted by molar-refractivity contribution is 0.0507. The van der Waals surface area contributed by atoms with Crippen LogP contribution < -0.4 is 14.4 Å². The molecule has 2 saturated heterocycles. The summed E-state index contributed by atoms with van der Waals surface area (Å²) in [6, 6.07) is 15.4. The van der Waals surface area contributed by atoms with Gasteiger partial charge in [0.25, 0.3) is 5.91 Å². The minimum atomic E-state index is -0.0754. The Hall–Kier alpha value is -3.52. The van der Waals surface area contributed by atoms with Gasteiger partial charge in [-0.25, -0.2) is 0 Å². The smallest absolute Gasteiger partial charge is 0.254 e. The summed E-state index contributed by atoms with van der Waals surface area (Å²) in [5, 5.41) is 4.50. The molecule has 0 saturated carbocycles. The number of hydrogen-bond acceptors (Lipinski definition) is 7. The number of anilines is 1. The summed E-state index contributed by atoms with van der Waals surface area (Å²) < 4.78 is 22.9. The largest absolute Gasteiger partial charge is 0.454 e. The second-order valence-corrected chi connectivity index (χ2v) is 9.62. The molecule has 0 unspecified atom stereocenters. The van der Waals surface area contributed by atoms with Crippen molar-refractivity contribution in [3.05, 3.63) is 59.7 Å². The molecule has 0 spiro atoms. The van der Waals surface area contributed by atoms with Crippen LogP contribution in [0.3, 0.4) is 0 Å². The van der Waals surface area contributed by atoms with Crippen LogP contribution in [0.4, 0.5) is 5.88 Å². The third kappa shape index (κ3) is 4.65. The first-order chi connectivity index (χ1) is 17.8. The summed E-state index contributed by atoms with van der Waals surface area (Å²) >= 11 is 0. The number of carbonyl (C=O) groups excluding carboxylic acids is 1. The van der Waals surface area contributed by atoms with Gasteiger partial charge in [-0.05, 0) is 50.3 Å². The summed E-state index contributed by atoms with van der Waals surface area (Å²) in [4.78, 5) is 18.0. The number of rotatable bonds is 7. The van der Waals surface area contributed by atoms with E-state index in [9.17, 15) is 4.79 Å². The van der Waals surface area contributed by atoms with Gasteiger partial charge in [-0.3, -0.25) is 4.79 Å². The molecule has 3 aliphatic heterocycles. The maximum absolute atomic E-state index is 13.9. The molecule has 4 heterocycles. The van der Waals surface area contributed by atoms with Crippen LogP contribution in [0, 0.1) is 0 Å². The number of benzene rings is 2. The fourth-order valence-corrected chi connectivity index (χ4v) is 5.27. The maximum Gasteiger partial charge on any atom is 0.254 e. The van der Waals surface area contributed by atoms with Crippen LogP contribution in [0.1, 0.15) is 48.0 Å². The van der Waals surface area contributed by atoms with Crippen molar-refractivity contribution in [1.29, 1.82) is 0 Å². The number of hydrogen-bond donors (Lipinski definition) is 0. The molecule has 2 fully saturated rings. The van der Waals surface area contributed by atoms with Crippen LogP contribution in [0.2, 0.25) is 0 Å². The van der Waals surface area contributed by atoms with Crippen LogP contribution in [0.5, 0.6) is 11.5 Å². The average Bonchev–Trinajstić information content (AvgIpc) is 3.70. The van der Waals surface area contributed by atoms with Crippen LogP contribution in [-0.2, 0) is 11.3 Å². The molecule has 188 valence electrons. The summed E-state index contributed by atoms with van der Waals surface area (Å²) in [7, 11) is 0. The molecule has 1 atom stereocenters. The van der Waals surface area contributed by atoms with Gasteiger partial charge in [0, 0.05) is 37.4 Å². The van der Waals surface area contributed by atoms with Gasteiger partial charge in [0.05, 0.1) is 18.2 Å². The molecule has 0 bridgehead atoms. The van der Waals surface area contributed by atoms with E-state index in [0.29, 0.717) is 30.2 Å². The van der Waals surface area contributed by atoms with Gasteiger partial charge in [0.1, 0.15) is 5.69 Å². The predicted molar refractivity (Wildman–Crippen MR) is 134 cm³/mol. The minimum Gasteiger partial charge on any atom is -0.454 e. The van der Waals surface area contributed by atoms with Gasteiger partial charge >= 0.3 is 0 Å². The third-order valence-electron chi connectivity index (χ3n) is 7.16. The highest BCUT2D eigenvalue weighted by Gasteiger charge is 2.30. The second kappa shape index (κ2) is 10.2. The highest BCUT2D eigenvalue weighted by molar-refractivity contribution is 5.95. The fourth-order valence-electron chi connectivity index (χ4n) is 5.27. The zero-order valence-electron chi connectivity index (χ0n) is 20.4. The predicted octanol–water partition coefficient (Wildman–Crippen LogP) is 4.88. The molecule has 0 N–H and O–H groups in total. The van der Waals surface area contributed by atoms with Gasteiger partial charge in [-0.1, -0.05) is 35.5 Å². The SMILES string of the molecule is O=C(c1ccc2c(c1)OCO2)N(Cc1c(-c2ccccc2)noc1N1CCCCC1)C[C@@H]1CCCO1. The van der Waals surface area contributed by atoms with E-state index in [4.69, 9.17) is 18.7 Å². The molecule has 36 heavy (non-hydrogen) atoms. The van der Waals surface area contributed by atoms with Crippen molar-refractivity contribution in [3.63, 3.8) is 0 Å². The van der Waals surface area contributed by atoms with Crippen molar-refractivity contribution >= 4 is 11.8 Å². The highest BCUT2D eigenvalue weighted by atomic mass is 16.7. The van der Waals surface area contributed by atoms with E-state index >= 15 is 0 Å². The molecule has 8 nitrogen and oxygen atoms in total. The quantitative estimate of drug-likeness (QED) is 0.468. The van der Waals surface area contributed by atoms with Gasteiger partial charge in [-0.2, -0.15) is 0 Å². The molecule has 8 heteroatoms. The van der Waals surface area contributed by atoms with Crippen LogP contribution in [-0.4, -0.2) is 55.1 Å². The van der Waals surface area contributed by atoms with E-state index < -0.39 is 0 Å². The number of nitrogens with zero attached hydrogens (tertiary/aromatic N) is 3. The fraction of sp³-hybridized carbons (Fsp3) is 0.429. The lowest BCUT2D eigenvalue weighted by atomic mass is 10.0. The topological polar surface area (TPSA) is 77.3 Å². The maximum atomic E-state index is 13.9. The van der Waals surface area contributed by atoms with E-state index in [1.54, 1.807) is 18.2 Å². The van der Waals surface area contributed by atoms with Crippen molar-refractivity contribution in [2.24, 2.45) is 0 Å². The van der Waals surface area contributed by atoms with Gasteiger partial charge in [0.2, 0.25) is 12.7 Å². The molecule has 3 aromatic rings. The molecule has 0 aliphatic carbocycles. The Kier molecular flexibility index (Phi) is 6.51. The van der Waals surface area contributed by atoms with E-state index in [2.05, 4.69) is 10.1 Å². The first-order valence-electron chi connectivity index (χ1n) is 12.9. The molecular weight excluding hydrogens is 458 g/mol. The lowest BCUT2D eigenvalue weighted by Crippen LogP contribution is -2.38. The summed E-state index contributed by atoms with van der Waals surface area (Å²) in [6.07, 6.45) is 5.44. The standard InChI is InChI=1S/C28H31N3O5/c32-27(21-11-12-24-25(16-21)35-19-34-24)31(17-22-10-7-15-33-22)18-23-26(20-8-3-1-4-9-20)29-36-28(23)30-13-5-2-6-14-30/h1,3-4,8-9,11-12,16,22H,2,5-7,10,13-15,17-19H2/t22-/m0/s1. The first-order valence-corrected chi connectivity index (χ1v) is 12.9. The number of ether oxygens (including phenoxy) is 3. The lowest BCUT2D eigenvalue weighted by Gasteiger charge is -2.29. The van der Waals surface area contributed by atoms with Crippen LogP contribution in [0.25, 0.3) is 11.3 Å². The Balaban J connectivity index is 1.36. The molecule has 0 radical (unpaired) electrons. The van der Waals surface area contributed by atoms with Crippen molar-refractivity contribution in [1.82, 2.24) is 10.1 Å². The van der Waals surface area contributed by atoms with Crippen molar-refractivity contribution in [3.8, 4) is 22.8 Å². The third-order valence-corrected chi connectivity index (χ3v) is 7.16. The average molecular weight is 490 g/mol. The molecule has 1 amide bonds. The van der Waals surface area contributed by atoms with E-state index in [-0.39, 0.29) is 18.8 Å². The Morgan fingerprint density at radius 1 is 1.00 bits per heavy atom. The Morgan fingerprint density at radius 2 is 1.83 bits per heavy atom. The molecule has 1 aromatic heterocycles. The van der Waals surface area contributed by atoms with Crippen molar-refractivity contribution < 1.29 is 23.5 Å². The Morgan fingerprint density at radius 3 is 2.64 bits per heavy atom. The number of piperidine rings is 1. The Labute approximate surface area is 210 Å². The van der Waals surface area contributed by atoms with Crippen molar-refractivity contribution in [2.45, 2.75) is 44.8 Å². The number of amides is 1. The molecular formula is C28H31N3O5. The first kappa shape index (κ1) is 22.9. The summed E-state index contributed by atoms with van der Waals surface area (Å²) in [6.45, 7) is 3.65. The van der Waals surface area contributed by atoms with E-state index in [1.807, 2.05) is 35.2 Å². The molecule has 2 aromatic carbocycles. The molecule has 6 rings (SSSR count). The van der Waals surface area contributed by atoms with Gasteiger partial charge < -0.3 is 28.5 Å². The summed E-state index contributed by atoms with van der Waals surface area (Å²) in [5.41, 5.74) is 3.27. The van der Waals surface area contributed by atoms with Crippen molar-refractivity contribution in [2.75, 3.05) is 37.9 Å². The van der Waals surface area contributed by atoms with Crippen LogP contribution >= 0.6 is 0 Å². The van der Waals surface area contributed by atoms with Gasteiger partial charge in [-0.15, -0.1) is 0 Å². The minimum absolute atomic E-state index is 0.0152. The number of aromatic nitrogens is 1. The van der Waals surface area contributed by atoms with E-state index in [0.717, 1.165) is 68.1 Å². The van der Waals surface area contributed by atoms with E-state index in [1.165, 1.54) is 6.42 Å². The monoisotopic (exact) mass is 489 g/mol. The molecule has 3 aliphatic rings. The Bertz CT molecular complexity index is 1200. The van der Waals surface area contributed by atoms with Gasteiger partial charge in [0.15, 0.2) is 11.5 Å². The second-order valence-electron chi connectivity index (χ2n) is 9.62. The number of carbonyl (C=O) groups is 1. The highest BCUT2D eigenvalue weighted by Crippen LogP contribution is 2.36. The normalized spacial score (nSPS) is 19.0. The van der Waals surface area contributed by atoms with Crippen LogP contribution in [0.15, 0.2) is 53.1 Å². The number of fused-ring (bicyclic) bond motifs is 1. The zero-order valence-corrected chi connectivity index (χ0v) is 20.4. The zero-order chi connectivity index (χ0) is 24.3.